The van der Waals surface area contributed by atoms with Gasteiger partial charge < -0.3 is 14.4 Å². The Morgan fingerprint density at radius 2 is 1.88 bits per heavy atom. The molecule has 0 unspecified atom stereocenters. The summed E-state index contributed by atoms with van der Waals surface area (Å²) in [6, 6.07) is 11.2. The lowest BCUT2D eigenvalue weighted by Gasteiger charge is -2.38. The lowest BCUT2D eigenvalue weighted by molar-refractivity contribution is 0.0986. The van der Waals surface area contributed by atoms with Gasteiger partial charge in [0.25, 0.3) is 11.5 Å². The minimum absolute atomic E-state index is 0.105. The van der Waals surface area contributed by atoms with Gasteiger partial charge in [0, 0.05) is 44.5 Å². The summed E-state index contributed by atoms with van der Waals surface area (Å²) in [5.41, 5.74) is 2.34. The zero-order valence-electron chi connectivity index (χ0n) is 13.8. The molecule has 0 bridgehead atoms. The summed E-state index contributed by atoms with van der Waals surface area (Å²) < 4.78 is 1.47. The number of benzene rings is 1. The monoisotopic (exact) mass is 323 g/mol. The standard InChI is InChI=1S/C19H21N3O2/c1-20-9-8-15(12-18(20)23)19(24)22-11-10-21(13-14-6-7-14)16-4-2-3-5-17(16)22/h2-5,8-9,12,14H,6-7,10-11,13H2,1H3. The third-order valence-electron chi connectivity index (χ3n) is 4.88. The van der Waals surface area contributed by atoms with E-state index in [9.17, 15) is 9.59 Å². The first-order valence-corrected chi connectivity index (χ1v) is 8.46. The van der Waals surface area contributed by atoms with Crippen LogP contribution in [0.3, 0.4) is 0 Å². The molecule has 2 heterocycles. The number of hydrogen-bond acceptors (Lipinski definition) is 3. The van der Waals surface area contributed by atoms with Crippen LogP contribution >= 0.6 is 0 Å². The van der Waals surface area contributed by atoms with Crippen molar-refractivity contribution in [2.75, 3.05) is 29.4 Å². The summed E-state index contributed by atoms with van der Waals surface area (Å²) in [4.78, 5) is 29.0. The molecule has 1 amide bonds. The van der Waals surface area contributed by atoms with Crippen LogP contribution in [0.15, 0.2) is 47.4 Å². The Morgan fingerprint density at radius 1 is 1.12 bits per heavy atom. The summed E-state index contributed by atoms with van der Waals surface area (Å²) in [5.74, 6) is 0.698. The van der Waals surface area contributed by atoms with Gasteiger partial charge in [-0.25, -0.2) is 0 Å². The highest BCUT2D eigenvalue weighted by molar-refractivity contribution is 6.08. The van der Waals surface area contributed by atoms with Gasteiger partial charge in [0.15, 0.2) is 0 Å². The van der Waals surface area contributed by atoms with Crippen LogP contribution in [0.2, 0.25) is 0 Å². The molecule has 0 spiro atoms. The van der Waals surface area contributed by atoms with E-state index in [1.165, 1.54) is 23.5 Å². The first-order valence-electron chi connectivity index (χ1n) is 8.46. The molecule has 0 saturated heterocycles. The normalized spacial score (nSPS) is 16.9. The Hall–Kier alpha value is -2.56. The molecule has 5 heteroatoms. The van der Waals surface area contributed by atoms with Crippen LogP contribution in [0.1, 0.15) is 23.2 Å². The minimum Gasteiger partial charge on any atom is -0.368 e. The van der Waals surface area contributed by atoms with Crippen molar-refractivity contribution in [1.82, 2.24) is 4.57 Å². The summed E-state index contributed by atoms with van der Waals surface area (Å²) in [5, 5.41) is 0. The summed E-state index contributed by atoms with van der Waals surface area (Å²) in [7, 11) is 1.68. The topological polar surface area (TPSA) is 45.6 Å². The Bertz CT molecular complexity index is 839. The smallest absolute Gasteiger partial charge is 0.258 e. The van der Waals surface area contributed by atoms with Crippen LogP contribution in [0, 0.1) is 5.92 Å². The number of aromatic nitrogens is 1. The molecule has 2 aliphatic rings. The molecule has 1 aliphatic heterocycles. The maximum absolute atomic E-state index is 12.9. The second kappa shape index (κ2) is 5.82. The third-order valence-corrected chi connectivity index (χ3v) is 4.88. The van der Waals surface area contributed by atoms with Gasteiger partial charge in [-0.3, -0.25) is 9.59 Å². The Morgan fingerprint density at radius 3 is 2.58 bits per heavy atom. The molecule has 1 aliphatic carbocycles. The van der Waals surface area contributed by atoms with Gasteiger partial charge in [-0.15, -0.1) is 0 Å². The van der Waals surface area contributed by atoms with Crippen molar-refractivity contribution in [3.63, 3.8) is 0 Å². The molecule has 1 fully saturated rings. The predicted molar refractivity (Wildman–Crippen MR) is 94.7 cm³/mol. The molecule has 124 valence electrons. The molecule has 1 aromatic heterocycles. The number of amides is 1. The molecule has 1 aromatic carbocycles. The number of carbonyl (C=O) groups excluding carboxylic acids is 1. The van der Waals surface area contributed by atoms with Crippen molar-refractivity contribution in [2.24, 2.45) is 13.0 Å². The Balaban J connectivity index is 1.66. The van der Waals surface area contributed by atoms with E-state index in [1.54, 1.807) is 24.2 Å². The molecule has 5 nitrogen and oxygen atoms in total. The van der Waals surface area contributed by atoms with Gasteiger partial charge in [0.05, 0.1) is 11.4 Å². The van der Waals surface area contributed by atoms with Crippen LogP contribution in [-0.4, -0.2) is 30.1 Å². The minimum atomic E-state index is -0.165. The first kappa shape index (κ1) is 15.0. The fraction of sp³-hybridized carbons (Fsp3) is 0.368. The van der Waals surface area contributed by atoms with Crippen molar-refractivity contribution in [3.8, 4) is 0 Å². The second-order valence-corrected chi connectivity index (χ2v) is 6.70. The second-order valence-electron chi connectivity index (χ2n) is 6.70. The number of nitrogens with zero attached hydrogens (tertiary/aromatic N) is 3. The number of para-hydroxylation sites is 2. The highest BCUT2D eigenvalue weighted by Gasteiger charge is 2.31. The van der Waals surface area contributed by atoms with Gasteiger partial charge in [0.1, 0.15) is 0 Å². The van der Waals surface area contributed by atoms with Gasteiger partial charge in [-0.05, 0) is 37.0 Å². The lowest BCUT2D eigenvalue weighted by Crippen LogP contribution is -2.45. The summed E-state index contributed by atoms with van der Waals surface area (Å²) >= 11 is 0. The van der Waals surface area contributed by atoms with Crippen molar-refractivity contribution in [2.45, 2.75) is 12.8 Å². The largest absolute Gasteiger partial charge is 0.368 e. The summed E-state index contributed by atoms with van der Waals surface area (Å²) in [6.45, 7) is 2.56. The number of aryl methyl sites for hydroxylation is 1. The Labute approximate surface area is 141 Å². The molecule has 0 atom stereocenters. The van der Waals surface area contributed by atoms with E-state index >= 15 is 0 Å². The van der Waals surface area contributed by atoms with E-state index in [0.29, 0.717) is 12.1 Å². The maximum atomic E-state index is 12.9. The molecule has 4 rings (SSSR count). The van der Waals surface area contributed by atoms with Crippen LogP contribution in [0.5, 0.6) is 0 Å². The van der Waals surface area contributed by atoms with Crippen LogP contribution in [0.25, 0.3) is 0 Å². The maximum Gasteiger partial charge on any atom is 0.258 e. The molecular formula is C19H21N3O2. The number of carbonyl (C=O) groups is 1. The quantitative estimate of drug-likeness (QED) is 0.870. The summed E-state index contributed by atoms with van der Waals surface area (Å²) in [6.07, 6.45) is 4.27. The first-order chi connectivity index (χ1) is 11.6. The molecule has 0 radical (unpaired) electrons. The number of pyridine rings is 1. The Kier molecular flexibility index (Phi) is 3.63. The SMILES string of the molecule is Cn1ccc(C(=O)N2CCN(CC3CC3)c3ccccc32)cc1=O. The van der Waals surface area contributed by atoms with E-state index in [-0.39, 0.29) is 11.5 Å². The average Bonchev–Trinajstić information content (AvgIpc) is 3.41. The number of rotatable bonds is 3. The predicted octanol–water partition coefficient (Wildman–Crippen LogP) is 2.26. The number of fused-ring (bicyclic) bond motifs is 1. The molecule has 24 heavy (non-hydrogen) atoms. The number of anilines is 2. The van der Waals surface area contributed by atoms with Crippen LogP contribution in [0.4, 0.5) is 11.4 Å². The van der Waals surface area contributed by atoms with Gasteiger partial charge >= 0.3 is 0 Å². The van der Waals surface area contributed by atoms with Crippen molar-refractivity contribution >= 4 is 17.3 Å². The van der Waals surface area contributed by atoms with E-state index < -0.39 is 0 Å². The van der Waals surface area contributed by atoms with Crippen molar-refractivity contribution in [3.05, 3.63) is 58.5 Å². The molecule has 1 saturated carbocycles. The zero-order chi connectivity index (χ0) is 16.7. The average molecular weight is 323 g/mol. The zero-order valence-corrected chi connectivity index (χ0v) is 13.8. The van der Waals surface area contributed by atoms with Gasteiger partial charge in [-0.2, -0.15) is 0 Å². The molecular weight excluding hydrogens is 302 g/mol. The fourth-order valence-corrected chi connectivity index (χ4v) is 3.27. The van der Waals surface area contributed by atoms with Gasteiger partial charge in [-0.1, -0.05) is 12.1 Å². The van der Waals surface area contributed by atoms with E-state index in [2.05, 4.69) is 11.0 Å². The van der Waals surface area contributed by atoms with Crippen LogP contribution < -0.4 is 15.4 Å². The lowest BCUT2D eigenvalue weighted by atomic mass is 10.1. The third kappa shape index (κ3) is 2.70. The van der Waals surface area contributed by atoms with Crippen molar-refractivity contribution < 1.29 is 4.79 Å². The van der Waals surface area contributed by atoms with E-state index in [0.717, 1.165) is 30.4 Å². The fourth-order valence-electron chi connectivity index (χ4n) is 3.27. The highest BCUT2D eigenvalue weighted by atomic mass is 16.2. The van der Waals surface area contributed by atoms with E-state index in [4.69, 9.17) is 0 Å². The number of hydrogen-bond donors (Lipinski definition) is 0. The highest BCUT2D eigenvalue weighted by Crippen LogP contribution is 2.37. The molecule has 0 N–H and O–H groups in total. The molecule has 2 aromatic rings. The van der Waals surface area contributed by atoms with E-state index in [1.807, 2.05) is 18.2 Å². The van der Waals surface area contributed by atoms with Gasteiger partial charge in [0.2, 0.25) is 0 Å². The van der Waals surface area contributed by atoms with Crippen molar-refractivity contribution in [1.29, 1.82) is 0 Å². The van der Waals surface area contributed by atoms with Crippen LogP contribution in [-0.2, 0) is 7.05 Å².